The second kappa shape index (κ2) is 46.5. The van der Waals surface area contributed by atoms with E-state index in [0.29, 0.717) is 13.1 Å². The first kappa shape index (κ1) is 53.8. The maximum atomic E-state index is 9.00. The van der Waals surface area contributed by atoms with Crippen LogP contribution in [0.4, 0.5) is 0 Å². The molecule has 0 amide bonds. The number of carbonyl (C=O) groups is 5. The fourth-order valence-corrected chi connectivity index (χ4v) is 3.38. The topological polar surface area (TPSA) is 290 Å². The maximum Gasteiger partial charge on any atom is 0.00750 e. The van der Waals surface area contributed by atoms with Gasteiger partial charge in [0.2, 0.25) is 0 Å². The summed E-state index contributed by atoms with van der Waals surface area (Å²) in [5.41, 5.74) is 10.3. The molecule has 0 heterocycles. The van der Waals surface area contributed by atoms with E-state index in [1.54, 1.807) is 59.6 Å². The van der Waals surface area contributed by atoms with E-state index >= 15 is 0 Å². The molecule has 239 valence electrons. The van der Waals surface area contributed by atoms with E-state index < -0.39 is 38.7 Å². The number of nitrogens with two attached hydrogens (primary N) is 2. The normalized spacial score (nSPS) is 8.59. The number of hydrogen-bond donors (Lipinski definition) is 9. The number of rotatable bonds is 11. The maximum absolute atomic E-state index is 9.00. The van der Waals surface area contributed by atoms with Crippen molar-refractivity contribution in [2.45, 2.75) is 47.1 Å². The molecule has 0 fully saturated rings. The van der Waals surface area contributed by atoms with E-state index in [-0.39, 0.29) is 0 Å². The van der Waals surface area contributed by atoms with Crippen molar-refractivity contribution >= 4 is 38.7 Å². The van der Waals surface area contributed by atoms with Gasteiger partial charge in [0.15, 0.2) is 0 Å². The summed E-state index contributed by atoms with van der Waals surface area (Å²) in [6.45, 7) is 9.53. The molecule has 11 N–H and O–H groups in total. The van der Waals surface area contributed by atoms with Crippen molar-refractivity contribution in [3.8, 4) is 0 Å². The summed E-state index contributed by atoms with van der Waals surface area (Å²) in [6.07, 6.45) is 1.02. The predicted octanol–water partition coefficient (Wildman–Crippen LogP) is -0.744. The van der Waals surface area contributed by atoms with Gasteiger partial charge in [-0.1, -0.05) is 0 Å². The molecule has 39 heavy (non-hydrogen) atoms. The smallest absolute Gasteiger partial charge is 0.00750 e. The number of hydrogen-bond acceptors (Lipinski definition) is 12. The minimum atomic E-state index is -2.29. The van der Waals surface area contributed by atoms with Crippen LogP contribution in [0.3, 0.4) is 0 Å². The molecule has 0 saturated carbocycles. The average molecular weight is 739 g/mol. The minimum Gasteiger partial charge on any atom is -0.329 e. The SMILES string of the molecule is CC(=O)O.CC(=O)O.CC(=O)O.CC(=O)O.CC(=O)O.CO[Si](CCC[NH][Gd])(OC)OC.NCCNCCN. The van der Waals surface area contributed by atoms with Crippen molar-refractivity contribution in [1.29, 1.82) is 0 Å². The molecule has 0 aliphatic rings. The summed E-state index contributed by atoms with van der Waals surface area (Å²) in [7, 11) is 2.63. The van der Waals surface area contributed by atoms with Crippen LogP contribution >= 0.6 is 0 Å². The number of carboxylic acids is 5. The van der Waals surface area contributed by atoms with E-state index in [1.165, 1.54) is 0 Å². The first-order chi connectivity index (χ1) is 17.8. The Bertz CT molecular complexity index is 472. The number of nitrogens with one attached hydrogen (secondary N) is 2. The van der Waals surface area contributed by atoms with Crippen molar-refractivity contribution in [3.63, 3.8) is 0 Å². The summed E-state index contributed by atoms with van der Waals surface area (Å²) in [6, 6.07) is 0.863. The Morgan fingerprint density at radius 2 is 0.872 bits per heavy atom. The molecular formula is C20H49GdN4O13Si. The largest absolute Gasteiger partial charge is 0.329 e. The molecule has 0 aromatic rings. The molecular weight excluding hydrogens is 690 g/mol. The zero-order valence-corrected chi connectivity index (χ0v) is 27.2. The van der Waals surface area contributed by atoms with Crippen molar-refractivity contribution in [3.05, 3.63) is 0 Å². The van der Waals surface area contributed by atoms with Crippen LogP contribution in [0.25, 0.3) is 0 Å². The summed E-state index contributed by atoms with van der Waals surface area (Å²) in [5, 5.41) is 40.1. The van der Waals surface area contributed by atoms with Gasteiger partial charge in [0.05, 0.1) is 0 Å². The van der Waals surface area contributed by atoms with Crippen molar-refractivity contribution in [2.24, 2.45) is 11.5 Å². The molecule has 17 nitrogen and oxygen atoms in total. The second-order valence-corrected chi connectivity index (χ2v) is 10.1. The van der Waals surface area contributed by atoms with Gasteiger partial charge < -0.3 is 42.3 Å². The minimum absolute atomic E-state index is 0.694. The molecule has 19 heteroatoms. The molecule has 0 rings (SSSR count). The summed E-state index contributed by atoms with van der Waals surface area (Å²) >= 11 is 1.75. The van der Waals surface area contributed by atoms with Crippen molar-refractivity contribution in [1.82, 2.24) is 6.83 Å². The van der Waals surface area contributed by atoms with Crippen molar-refractivity contribution < 1.29 is 101 Å². The average Bonchev–Trinajstić information content (AvgIpc) is 2.76. The van der Waals surface area contributed by atoms with Gasteiger partial charge in [-0.25, -0.2) is 0 Å². The van der Waals surface area contributed by atoms with Gasteiger partial charge in [-0.15, -0.1) is 0 Å². The van der Waals surface area contributed by atoms with Crippen LogP contribution in [-0.4, -0.2) is 118 Å². The number of aliphatic carboxylic acids is 5. The Morgan fingerprint density at radius 3 is 1.03 bits per heavy atom. The molecule has 0 aliphatic heterocycles. The van der Waals surface area contributed by atoms with Gasteiger partial charge in [0, 0.05) is 60.8 Å². The fourth-order valence-electron chi connectivity index (χ4n) is 1.25. The molecule has 0 unspecified atom stereocenters. The van der Waals surface area contributed by atoms with Crippen LogP contribution in [0.5, 0.6) is 0 Å². The van der Waals surface area contributed by atoms with E-state index in [9.17, 15) is 0 Å². The van der Waals surface area contributed by atoms with Gasteiger partial charge in [0.25, 0.3) is 29.8 Å². The fraction of sp³-hybridized carbons (Fsp3) is 0.750. The van der Waals surface area contributed by atoms with Gasteiger partial charge in [-0.3, -0.25) is 24.0 Å². The molecule has 0 spiro atoms. The Hall–Kier alpha value is -1.39. The van der Waals surface area contributed by atoms with E-state index in [1.807, 2.05) is 0 Å². The predicted molar refractivity (Wildman–Crippen MR) is 142 cm³/mol. The van der Waals surface area contributed by atoms with Crippen LogP contribution < -0.4 is 18.3 Å². The second-order valence-electron chi connectivity index (χ2n) is 6.20. The molecule has 0 saturated heterocycles. The van der Waals surface area contributed by atoms with Crippen molar-refractivity contribution in [2.75, 3.05) is 54.1 Å². The van der Waals surface area contributed by atoms with Crippen LogP contribution in [-0.2, 0) is 37.3 Å². The first-order valence-electron chi connectivity index (χ1n) is 10.9. The van der Waals surface area contributed by atoms with Gasteiger partial charge >= 0.3 is 102 Å². The number of carboxylic acid groups (broad SMARTS) is 5. The Balaban J connectivity index is -0.0000000655. The zero-order valence-electron chi connectivity index (χ0n) is 24.0. The van der Waals surface area contributed by atoms with Gasteiger partial charge in [-0.2, -0.15) is 0 Å². The molecule has 0 aliphatic carbocycles. The van der Waals surface area contributed by atoms with Crippen LogP contribution in [0, 0.1) is 38.3 Å². The quantitative estimate of drug-likeness (QED) is 0.0931. The monoisotopic (exact) mass is 739 g/mol. The standard InChI is InChI=1S/C6H16NO3Si.C4H13N3.5C2H4O2.Gd/c1-8-11(9-2,10-3)6-4-5-7;5-1-3-7-4-2-6;5*1-2(3)4;/h7H,4-6H2,1-3H3;7H,1-6H2;5*1H3,(H,3,4);/q-1;;;;;;;+1. The zero-order chi connectivity index (χ0) is 32.9. The van der Waals surface area contributed by atoms with E-state index in [0.717, 1.165) is 66.7 Å². The molecule has 0 aromatic carbocycles. The Morgan fingerprint density at radius 1 is 0.641 bits per heavy atom. The molecule has 0 radical (unpaired) electrons. The van der Waals surface area contributed by atoms with Gasteiger partial charge in [0.1, 0.15) is 0 Å². The summed E-state index contributed by atoms with van der Waals surface area (Å²) in [5.74, 6) is -4.17. The third-order valence-electron chi connectivity index (χ3n) is 2.32. The summed E-state index contributed by atoms with van der Waals surface area (Å²) in [4.78, 5) is 45.0. The third kappa shape index (κ3) is 141. The summed E-state index contributed by atoms with van der Waals surface area (Å²) < 4.78 is 18.9. The van der Waals surface area contributed by atoms with Crippen LogP contribution in [0.2, 0.25) is 6.04 Å². The molecule has 0 atom stereocenters. The van der Waals surface area contributed by atoms with Crippen LogP contribution in [0.1, 0.15) is 41.0 Å². The Labute approximate surface area is 257 Å². The third-order valence-corrected chi connectivity index (χ3v) is 5.72. The first-order valence-corrected chi connectivity index (χ1v) is 13.9. The van der Waals surface area contributed by atoms with E-state index in [2.05, 4.69) is 6.83 Å². The van der Waals surface area contributed by atoms with E-state index in [4.69, 9.17) is 74.3 Å². The molecule has 0 aromatic heterocycles. The van der Waals surface area contributed by atoms with Gasteiger partial charge in [-0.05, 0) is 0 Å². The van der Waals surface area contributed by atoms with Crippen LogP contribution in [0.15, 0.2) is 0 Å². The Kier molecular flexibility index (Phi) is 64.1. The molecule has 0 bridgehead atoms.